The van der Waals surface area contributed by atoms with Crippen molar-refractivity contribution in [1.82, 2.24) is 0 Å². The van der Waals surface area contributed by atoms with Crippen molar-refractivity contribution in [2.75, 3.05) is 0 Å². The minimum Gasteiger partial charge on any atom is -0.508 e. The molecule has 6 nitrogen and oxygen atoms in total. The fraction of sp³-hybridized carbons (Fsp3) is 0.167. The van der Waals surface area contributed by atoms with E-state index in [0.717, 1.165) is 22.3 Å². The molecule has 0 saturated carbocycles. The van der Waals surface area contributed by atoms with Crippen LogP contribution in [0.4, 0.5) is 0 Å². The summed E-state index contributed by atoms with van der Waals surface area (Å²) in [5.74, 6) is -2.21. The van der Waals surface area contributed by atoms with Crippen LogP contribution in [-0.4, -0.2) is 32.4 Å². The van der Waals surface area contributed by atoms with Crippen LogP contribution in [-0.2, 0) is 25.7 Å². The summed E-state index contributed by atoms with van der Waals surface area (Å²) in [5, 5.41) is 37.8. The van der Waals surface area contributed by atoms with Crippen LogP contribution in [0.3, 0.4) is 0 Å². The zero-order valence-electron chi connectivity index (χ0n) is 16.2. The van der Waals surface area contributed by atoms with Gasteiger partial charge in [0.25, 0.3) is 0 Å². The molecule has 6 heteroatoms. The molecule has 0 amide bonds. The number of phenols is 2. The molecule has 0 fully saturated rings. The Hall–Kier alpha value is -3.80. The summed E-state index contributed by atoms with van der Waals surface area (Å²) in [4.78, 5) is 21.9. The Morgan fingerprint density at radius 1 is 0.600 bits per heavy atom. The zero-order valence-corrected chi connectivity index (χ0v) is 16.2. The van der Waals surface area contributed by atoms with E-state index in [-0.39, 0.29) is 22.6 Å². The van der Waals surface area contributed by atoms with Crippen LogP contribution in [0.25, 0.3) is 0 Å². The molecule has 0 aliphatic carbocycles. The first-order valence-corrected chi connectivity index (χ1v) is 9.51. The van der Waals surface area contributed by atoms with E-state index in [9.17, 15) is 19.8 Å². The van der Waals surface area contributed by atoms with Gasteiger partial charge in [0.2, 0.25) is 0 Å². The van der Waals surface area contributed by atoms with Gasteiger partial charge >= 0.3 is 11.9 Å². The molecule has 154 valence electrons. The van der Waals surface area contributed by atoms with Gasteiger partial charge in [-0.25, -0.2) is 9.59 Å². The maximum absolute atomic E-state index is 11.0. The maximum Gasteiger partial charge on any atom is 0.339 e. The van der Waals surface area contributed by atoms with Gasteiger partial charge in [0, 0.05) is 0 Å². The number of aromatic carboxylic acids is 2. The first kappa shape index (κ1) is 20.9. The molecule has 0 radical (unpaired) electrons. The van der Waals surface area contributed by atoms with Crippen molar-refractivity contribution in [3.05, 3.63) is 94.0 Å². The van der Waals surface area contributed by atoms with Gasteiger partial charge in [-0.3, -0.25) is 0 Å². The molecular formula is C24H22O6. The second-order valence-electron chi connectivity index (χ2n) is 7.17. The van der Waals surface area contributed by atoms with Crippen molar-refractivity contribution >= 4 is 11.9 Å². The summed E-state index contributed by atoms with van der Waals surface area (Å²) in [5.41, 5.74) is 3.85. The van der Waals surface area contributed by atoms with E-state index in [2.05, 4.69) is 0 Å². The predicted octanol–water partition coefficient (Wildman–Crippen LogP) is 4.06. The van der Waals surface area contributed by atoms with Crippen LogP contribution >= 0.6 is 0 Å². The fourth-order valence-corrected chi connectivity index (χ4v) is 3.34. The summed E-state index contributed by atoms with van der Waals surface area (Å²) in [6, 6.07) is 16.7. The number of hydrogen-bond donors (Lipinski definition) is 4. The van der Waals surface area contributed by atoms with E-state index >= 15 is 0 Å². The van der Waals surface area contributed by atoms with E-state index in [4.69, 9.17) is 10.2 Å². The average Bonchev–Trinajstić information content (AvgIpc) is 2.70. The van der Waals surface area contributed by atoms with Gasteiger partial charge in [0.15, 0.2) is 0 Å². The third kappa shape index (κ3) is 5.38. The Morgan fingerprint density at radius 3 is 1.67 bits per heavy atom. The van der Waals surface area contributed by atoms with Gasteiger partial charge in [-0.15, -0.1) is 0 Å². The van der Waals surface area contributed by atoms with E-state index in [1.807, 2.05) is 6.07 Å². The lowest BCUT2D eigenvalue weighted by Gasteiger charge is -2.09. The molecule has 3 aromatic carbocycles. The molecular weight excluding hydrogens is 384 g/mol. The molecule has 30 heavy (non-hydrogen) atoms. The van der Waals surface area contributed by atoms with Gasteiger partial charge in [-0.2, -0.15) is 0 Å². The third-order valence-corrected chi connectivity index (χ3v) is 4.94. The smallest absolute Gasteiger partial charge is 0.339 e. The molecule has 4 N–H and O–H groups in total. The van der Waals surface area contributed by atoms with Crippen LogP contribution in [0.2, 0.25) is 0 Å². The molecule has 0 heterocycles. The zero-order chi connectivity index (χ0) is 21.7. The molecule has 0 aromatic heterocycles. The molecule has 3 rings (SSSR count). The SMILES string of the molecule is O=C(O)c1ccc(CCc2cc(O)cc(CCc3ccc(C(=O)O)c(O)c3)c2)cc1. The summed E-state index contributed by atoms with van der Waals surface area (Å²) in [6.45, 7) is 0. The van der Waals surface area contributed by atoms with Crippen LogP contribution in [0.15, 0.2) is 60.7 Å². The van der Waals surface area contributed by atoms with Crippen LogP contribution in [0.5, 0.6) is 11.5 Å². The summed E-state index contributed by atoms with van der Waals surface area (Å²) in [6.07, 6.45) is 2.63. The number of carboxylic acids is 2. The Labute approximate surface area is 173 Å². The van der Waals surface area contributed by atoms with Crippen LogP contribution in [0.1, 0.15) is 43.0 Å². The maximum atomic E-state index is 11.0. The van der Waals surface area contributed by atoms with E-state index in [0.29, 0.717) is 25.7 Å². The number of carbonyl (C=O) groups is 2. The van der Waals surface area contributed by atoms with Crippen molar-refractivity contribution in [2.24, 2.45) is 0 Å². The second-order valence-corrected chi connectivity index (χ2v) is 7.17. The average molecular weight is 406 g/mol. The highest BCUT2D eigenvalue weighted by Crippen LogP contribution is 2.22. The van der Waals surface area contributed by atoms with Crippen LogP contribution in [0, 0.1) is 0 Å². The highest BCUT2D eigenvalue weighted by Gasteiger charge is 2.10. The van der Waals surface area contributed by atoms with Crippen LogP contribution < -0.4 is 0 Å². The topological polar surface area (TPSA) is 115 Å². The first-order chi connectivity index (χ1) is 14.3. The molecule has 0 saturated heterocycles. The van der Waals surface area contributed by atoms with E-state index in [1.165, 1.54) is 12.1 Å². The van der Waals surface area contributed by atoms with E-state index in [1.54, 1.807) is 42.5 Å². The standard InChI is InChI=1S/C24H22O6/c25-20-12-17(3-1-15-5-8-19(9-6-15)23(27)28)11-18(13-20)4-2-16-7-10-21(24(29)30)22(26)14-16/h5-14,25-26H,1-4H2,(H,27,28)(H,29,30). The molecule has 0 aliphatic rings. The van der Waals surface area contributed by atoms with Crippen molar-refractivity contribution in [3.8, 4) is 11.5 Å². The highest BCUT2D eigenvalue weighted by atomic mass is 16.4. The summed E-state index contributed by atoms with van der Waals surface area (Å²) in [7, 11) is 0. The molecule has 0 aliphatic heterocycles. The largest absolute Gasteiger partial charge is 0.508 e. The number of aromatic hydroxyl groups is 2. The minimum atomic E-state index is -1.17. The first-order valence-electron chi connectivity index (χ1n) is 9.51. The van der Waals surface area contributed by atoms with Gasteiger partial charge < -0.3 is 20.4 Å². The number of benzene rings is 3. The molecule has 3 aromatic rings. The van der Waals surface area contributed by atoms with Crippen molar-refractivity contribution in [2.45, 2.75) is 25.7 Å². The minimum absolute atomic E-state index is 0.130. The van der Waals surface area contributed by atoms with Crippen molar-refractivity contribution in [3.63, 3.8) is 0 Å². The molecule has 0 atom stereocenters. The van der Waals surface area contributed by atoms with Gasteiger partial charge in [-0.05, 0) is 84.3 Å². The van der Waals surface area contributed by atoms with E-state index < -0.39 is 11.9 Å². The number of rotatable bonds is 8. The number of aryl methyl sites for hydroxylation is 4. The van der Waals surface area contributed by atoms with Gasteiger partial charge in [0.05, 0.1) is 5.56 Å². The Balaban J connectivity index is 1.64. The number of carboxylic acid groups (broad SMARTS) is 2. The fourth-order valence-electron chi connectivity index (χ4n) is 3.34. The van der Waals surface area contributed by atoms with Crippen molar-refractivity contribution in [1.29, 1.82) is 0 Å². The number of phenolic OH excluding ortho intramolecular Hbond substituents is 1. The normalized spacial score (nSPS) is 10.7. The van der Waals surface area contributed by atoms with Gasteiger partial charge in [-0.1, -0.05) is 24.3 Å². The lowest BCUT2D eigenvalue weighted by atomic mass is 9.98. The monoisotopic (exact) mass is 406 g/mol. The third-order valence-electron chi connectivity index (χ3n) is 4.94. The molecule has 0 unspecified atom stereocenters. The van der Waals surface area contributed by atoms with Crippen molar-refractivity contribution < 1.29 is 30.0 Å². The lowest BCUT2D eigenvalue weighted by molar-refractivity contribution is 0.0684. The summed E-state index contributed by atoms with van der Waals surface area (Å²) >= 11 is 0. The summed E-state index contributed by atoms with van der Waals surface area (Å²) < 4.78 is 0. The molecule has 0 spiro atoms. The highest BCUT2D eigenvalue weighted by molar-refractivity contribution is 5.90. The Morgan fingerprint density at radius 2 is 1.13 bits per heavy atom. The lowest BCUT2D eigenvalue weighted by Crippen LogP contribution is -1.99. The Bertz CT molecular complexity index is 1070. The molecule has 0 bridgehead atoms. The van der Waals surface area contributed by atoms with Gasteiger partial charge in [0.1, 0.15) is 17.1 Å². The quantitative estimate of drug-likeness (QED) is 0.448. The second kappa shape index (κ2) is 9.13. The number of hydrogen-bond acceptors (Lipinski definition) is 4. The Kier molecular flexibility index (Phi) is 6.37. The predicted molar refractivity (Wildman–Crippen MR) is 111 cm³/mol.